The van der Waals surface area contributed by atoms with Gasteiger partial charge in [0.1, 0.15) is 18.2 Å². The molecule has 0 aliphatic heterocycles. The summed E-state index contributed by atoms with van der Waals surface area (Å²) in [7, 11) is 0. The molecular weight excluding hydrogens is 583 g/mol. The number of alkyl carbamates (subject to hydrolysis) is 1. The monoisotopic (exact) mass is 621 g/mol. The number of carbonyl (C=O) groups is 4. The van der Waals surface area contributed by atoms with Crippen LogP contribution in [0.4, 0.5) is 23.7 Å². The molecule has 14 heteroatoms. The number of ketones is 1. The summed E-state index contributed by atoms with van der Waals surface area (Å²) in [5.41, 5.74) is 3.57. The van der Waals surface area contributed by atoms with Crippen LogP contribution in [-0.2, 0) is 26.9 Å². The molecule has 2 aliphatic carbocycles. The Labute approximate surface area is 253 Å². The minimum atomic E-state index is -4.82. The third-order valence-electron chi connectivity index (χ3n) is 7.43. The first-order valence-electron chi connectivity index (χ1n) is 14.4. The van der Waals surface area contributed by atoms with E-state index in [1.165, 1.54) is 18.2 Å². The van der Waals surface area contributed by atoms with E-state index in [2.05, 4.69) is 15.7 Å². The van der Waals surface area contributed by atoms with E-state index in [1.807, 2.05) is 13.8 Å². The van der Waals surface area contributed by atoms with Gasteiger partial charge in [0.15, 0.2) is 11.5 Å². The second kappa shape index (κ2) is 12.1. The third-order valence-corrected chi connectivity index (χ3v) is 7.43. The first-order valence-corrected chi connectivity index (χ1v) is 14.4. The van der Waals surface area contributed by atoms with Crippen LogP contribution in [0.15, 0.2) is 18.2 Å². The number of ether oxygens (including phenoxy) is 2. The van der Waals surface area contributed by atoms with E-state index in [9.17, 15) is 32.3 Å². The predicted molar refractivity (Wildman–Crippen MR) is 154 cm³/mol. The fraction of sp³-hybridized carbons (Fsp3) is 0.567. The molecule has 1 saturated carbocycles. The van der Waals surface area contributed by atoms with E-state index in [1.54, 1.807) is 20.8 Å². The van der Waals surface area contributed by atoms with Gasteiger partial charge in [-0.25, -0.2) is 9.48 Å². The van der Waals surface area contributed by atoms with Crippen LogP contribution >= 0.6 is 0 Å². The molecule has 4 rings (SSSR count). The largest absolute Gasteiger partial charge is 0.461 e. The number of nitrogens with one attached hydrogen (secondary N) is 2. The van der Waals surface area contributed by atoms with Gasteiger partial charge in [0.2, 0.25) is 0 Å². The van der Waals surface area contributed by atoms with Crippen molar-refractivity contribution in [3.63, 3.8) is 0 Å². The molecule has 2 aromatic rings. The average molecular weight is 622 g/mol. The lowest BCUT2D eigenvalue weighted by molar-refractivity contribution is -0.149. The lowest BCUT2D eigenvalue weighted by atomic mass is 9.75. The van der Waals surface area contributed by atoms with E-state index < -0.39 is 52.2 Å². The molecule has 1 aromatic heterocycles. The van der Waals surface area contributed by atoms with Crippen LogP contribution in [0.5, 0.6) is 0 Å². The zero-order chi connectivity index (χ0) is 32.6. The molecule has 0 atom stereocenters. The Bertz CT molecular complexity index is 1450. The van der Waals surface area contributed by atoms with Crippen molar-refractivity contribution in [3.05, 3.63) is 40.7 Å². The second-order valence-corrected chi connectivity index (χ2v) is 13.1. The van der Waals surface area contributed by atoms with Gasteiger partial charge in [-0.3, -0.25) is 14.4 Å². The number of rotatable bonds is 7. The summed E-state index contributed by atoms with van der Waals surface area (Å²) in [6.07, 6.45) is -3.64. The van der Waals surface area contributed by atoms with Crippen molar-refractivity contribution in [2.45, 2.75) is 97.1 Å². The molecule has 0 unspecified atom stereocenters. The minimum Gasteiger partial charge on any atom is -0.461 e. The fourth-order valence-electron chi connectivity index (χ4n) is 5.59. The van der Waals surface area contributed by atoms with Crippen molar-refractivity contribution in [2.24, 2.45) is 11.1 Å². The predicted octanol–water partition coefficient (Wildman–Crippen LogP) is 4.94. The molecule has 240 valence electrons. The number of alkyl halides is 3. The molecule has 1 aromatic carbocycles. The highest BCUT2D eigenvalue weighted by Gasteiger charge is 2.45. The van der Waals surface area contributed by atoms with Crippen molar-refractivity contribution in [1.82, 2.24) is 15.1 Å². The number of benzene rings is 1. The van der Waals surface area contributed by atoms with Crippen molar-refractivity contribution >= 4 is 29.4 Å². The maximum Gasteiger partial charge on any atom is 0.435 e. The minimum absolute atomic E-state index is 0.0274. The van der Waals surface area contributed by atoms with Gasteiger partial charge < -0.3 is 25.8 Å². The molecule has 44 heavy (non-hydrogen) atoms. The number of halogens is 3. The van der Waals surface area contributed by atoms with Gasteiger partial charge >= 0.3 is 18.2 Å². The summed E-state index contributed by atoms with van der Waals surface area (Å²) >= 11 is 0. The Kier molecular flexibility index (Phi) is 9.04. The lowest BCUT2D eigenvalue weighted by Gasteiger charge is -2.30. The highest BCUT2D eigenvalue weighted by Crippen LogP contribution is 2.42. The SMILES string of the molecule is CC1(C)CC(=O)c2c(C(F)(F)F)nn(-c3ccc(C(N)=O)c(NC4CCC(OC(=O)CNC(=O)OC(C)(C)C)CC4)c3)c2C1. The topological polar surface area (TPSA) is 155 Å². The van der Waals surface area contributed by atoms with Crippen LogP contribution in [0.3, 0.4) is 0 Å². The molecule has 0 radical (unpaired) electrons. The molecule has 4 N–H and O–H groups in total. The summed E-state index contributed by atoms with van der Waals surface area (Å²) in [6.45, 7) is 8.40. The fourth-order valence-corrected chi connectivity index (χ4v) is 5.59. The number of primary amides is 1. The van der Waals surface area contributed by atoms with Gasteiger partial charge in [-0.15, -0.1) is 0 Å². The van der Waals surface area contributed by atoms with Crippen LogP contribution in [-0.4, -0.2) is 57.8 Å². The maximum atomic E-state index is 13.9. The zero-order valence-electron chi connectivity index (χ0n) is 25.4. The van der Waals surface area contributed by atoms with Crippen LogP contribution in [0.1, 0.15) is 98.8 Å². The molecule has 2 amide bonds. The number of fused-ring (bicyclic) bond motifs is 1. The maximum absolute atomic E-state index is 13.9. The lowest BCUT2D eigenvalue weighted by Crippen LogP contribution is -2.38. The van der Waals surface area contributed by atoms with Crippen molar-refractivity contribution in [2.75, 3.05) is 11.9 Å². The normalized spacial score (nSPS) is 20.0. The quantitative estimate of drug-likeness (QED) is 0.368. The van der Waals surface area contributed by atoms with E-state index in [0.29, 0.717) is 31.4 Å². The van der Waals surface area contributed by atoms with Crippen molar-refractivity contribution in [1.29, 1.82) is 0 Å². The highest BCUT2D eigenvalue weighted by molar-refractivity contribution is 6.00. The standard InChI is InChI=1S/C30H38F3N5O6/c1-28(2,3)44-27(42)35-15-23(40)43-18-9-6-16(7-10-18)36-20-12-17(8-11-19(20)26(34)41)38-21-13-29(4,5)14-22(39)24(21)25(37-38)30(31,32)33/h8,11-12,16,18,36H,6-7,9-10,13-15H2,1-5H3,(H2,34,41)(H,35,42). The summed E-state index contributed by atoms with van der Waals surface area (Å²) in [6, 6.07) is 4.22. The number of nitrogens with two attached hydrogens (primary N) is 1. The number of hydrogen-bond donors (Lipinski definition) is 3. The van der Waals surface area contributed by atoms with Crippen LogP contribution in [0.2, 0.25) is 0 Å². The van der Waals surface area contributed by atoms with Crippen molar-refractivity contribution < 1.29 is 41.8 Å². The van der Waals surface area contributed by atoms with Gasteiger partial charge in [-0.1, -0.05) is 13.8 Å². The van der Waals surface area contributed by atoms with E-state index in [-0.39, 0.29) is 48.5 Å². The molecule has 1 heterocycles. The summed E-state index contributed by atoms with van der Waals surface area (Å²) in [5, 5.41) is 9.47. The van der Waals surface area contributed by atoms with Crippen LogP contribution < -0.4 is 16.4 Å². The number of carbonyl (C=O) groups excluding carboxylic acids is 4. The molecule has 11 nitrogen and oxygen atoms in total. The highest BCUT2D eigenvalue weighted by atomic mass is 19.4. The Morgan fingerprint density at radius 1 is 1.09 bits per heavy atom. The Morgan fingerprint density at radius 3 is 2.34 bits per heavy atom. The molecule has 2 aliphatic rings. The van der Waals surface area contributed by atoms with Gasteiger partial charge in [0, 0.05) is 18.2 Å². The van der Waals surface area contributed by atoms with Gasteiger partial charge in [-0.05, 0) is 76.5 Å². The Morgan fingerprint density at radius 2 is 1.75 bits per heavy atom. The number of aromatic nitrogens is 2. The van der Waals surface area contributed by atoms with E-state index >= 15 is 0 Å². The third kappa shape index (κ3) is 7.88. The molecule has 0 spiro atoms. The summed E-state index contributed by atoms with van der Waals surface area (Å²) in [4.78, 5) is 49.0. The number of anilines is 1. The number of amides is 2. The van der Waals surface area contributed by atoms with E-state index in [0.717, 1.165) is 4.68 Å². The molecule has 0 bridgehead atoms. The molecular formula is C30H38F3N5O6. The average Bonchev–Trinajstić information content (AvgIpc) is 3.27. The van der Waals surface area contributed by atoms with Crippen LogP contribution in [0.25, 0.3) is 5.69 Å². The smallest absolute Gasteiger partial charge is 0.435 e. The Hall–Kier alpha value is -4.10. The summed E-state index contributed by atoms with van der Waals surface area (Å²) < 4.78 is 53.5. The number of Topliss-reactive ketones (excluding diaryl/α,β-unsaturated/α-hetero) is 1. The summed E-state index contributed by atoms with van der Waals surface area (Å²) in [5.74, 6) is -1.94. The number of hydrogen-bond acceptors (Lipinski definition) is 8. The number of nitrogens with zero attached hydrogens (tertiary/aromatic N) is 2. The first-order chi connectivity index (χ1) is 20.3. The first kappa shape index (κ1) is 32.8. The van der Waals surface area contributed by atoms with Gasteiger partial charge in [0.05, 0.1) is 22.5 Å². The zero-order valence-corrected chi connectivity index (χ0v) is 25.4. The second-order valence-electron chi connectivity index (χ2n) is 13.1. The Balaban J connectivity index is 1.48. The van der Waals surface area contributed by atoms with E-state index in [4.69, 9.17) is 15.2 Å². The molecule has 0 saturated heterocycles. The van der Waals surface area contributed by atoms with Crippen molar-refractivity contribution in [3.8, 4) is 5.69 Å². The van der Waals surface area contributed by atoms with Gasteiger partial charge in [-0.2, -0.15) is 18.3 Å². The number of esters is 1. The molecule has 1 fully saturated rings. The van der Waals surface area contributed by atoms with Gasteiger partial charge in [0.25, 0.3) is 5.91 Å². The van der Waals surface area contributed by atoms with Crippen LogP contribution in [0, 0.1) is 5.41 Å².